The van der Waals surface area contributed by atoms with Crippen molar-refractivity contribution in [2.75, 3.05) is 32.4 Å². The van der Waals surface area contributed by atoms with E-state index in [1.54, 1.807) is 24.5 Å². The largest absolute Gasteiger partial charge is 0.494 e. The molecule has 21 heavy (non-hydrogen) atoms. The highest BCUT2D eigenvalue weighted by molar-refractivity contribution is 8.13. The van der Waals surface area contributed by atoms with Gasteiger partial charge in [-0.05, 0) is 18.4 Å². The van der Waals surface area contributed by atoms with Crippen LogP contribution in [-0.2, 0) is 9.53 Å². The molecule has 1 amide bonds. The number of aliphatic imine (C=N–C) groups is 1. The molecular formula is C13H16N4O3S. The van der Waals surface area contributed by atoms with Gasteiger partial charge < -0.3 is 14.8 Å². The molecule has 1 aromatic rings. The Kier molecular flexibility index (Phi) is 7.08. The third kappa shape index (κ3) is 5.33. The van der Waals surface area contributed by atoms with Crippen LogP contribution in [-0.4, -0.2) is 38.2 Å². The maximum absolute atomic E-state index is 11.5. The molecule has 8 heteroatoms. The lowest BCUT2D eigenvalue weighted by Gasteiger charge is -2.10. The van der Waals surface area contributed by atoms with Crippen LogP contribution < -0.4 is 15.4 Å². The molecule has 0 spiro atoms. The lowest BCUT2D eigenvalue weighted by atomic mass is 10.2. The summed E-state index contributed by atoms with van der Waals surface area (Å²) in [5.74, 6) is 0.195. The molecule has 0 atom stereocenters. The number of rotatable bonds is 5. The lowest BCUT2D eigenvalue weighted by Crippen LogP contribution is -2.17. The number of carbonyl (C=O) groups is 1. The van der Waals surface area contributed by atoms with Crippen LogP contribution in [0.2, 0.25) is 0 Å². The van der Waals surface area contributed by atoms with Crippen molar-refractivity contribution in [3.63, 3.8) is 0 Å². The van der Waals surface area contributed by atoms with Crippen molar-refractivity contribution in [1.29, 1.82) is 5.26 Å². The molecule has 0 aromatic heterocycles. The van der Waals surface area contributed by atoms with Crippen molar-refractivity contribution in [2.24, 2.45) is 4.99 Å². The molecule has 0 bridgehead atoms. The summed E-state index contributed by atoms with van der Waals surface area (Å²) < 4.78 is 9.97. The molecule has 0 fully saturated rings. The van der Waals surface area contributed by atoms with E-state index >= 15 is 0 Å². The molecule has 1 rings (SSSR count). The molecule has 1 aromatic carbocycles. The van der Waals surface area contributed by atoms with E-state index in [1.807, 2.05) is 6.19 Å². The number of hydrogen-bond acceptors (Lipinski definition) is 6. The van der Waals surface area contributed by atoms with Crippen molar-refractivity contribution in [3.05, 3.63) is 18.2 Å². The van der Waals surface area contributed by atoms with Gasteiger partial charge in [0.15, 0.2) is 11.4 Å². The first-order valence-electron chi connectivity index (χ1n) is 5.89. The second-order valence-corrected chi connectivity index (χ2v) is 4.52. The van der Waals surface area contributed by atoms with Crippen LogP contribution in [0.3, 0.4) is 0 Å². The average molecular weight is 308 g/mol. The number of amidine groups is 1. The smallest absolute Gasteiger partial charge is 0.250 e. The number of ether oxygens (including phenoxy) is 2. The quantitative estimate of drug-likeness (QED) is 0.372. The number of nitriles is 1. The van der Waals surface area contributed by atoms with Crippen LogP contribution in [0.1, 0.15) is 0 Å². The molecule has 0 aliphatic rings. The summed E-state index contributed by atoms with van der Waals surface area (Å²) in [6.45, 7) is -0.0359. The van der Waals surface area contributed by atoms with E-state index in [0.717, 1.165) is 0 Å². The average Bonchev–Trinajstić information content (AvgIpc) is 2.48. The predicted molar refractivity (Wildman–Crippen MR) is 82.9 cm³/mol. The molecule has 0 heterocycles. The van der Waals surface area contributed by atoms with E-state index in [-0.39, 0.29) is 12.5 Å². The Morgan fingerprint density at radius 2 is 2.24 bits per heavy atom. The molecule has 0 saturated carbocycles. The van der Waals surface area contributed by atoms with Gasteiger partial charge in [0.2, 0.25) is 5.91 Å². The zero-order valence-corrected chi connectivity index (χ0v) is 12.8. The van der Waals surface area contributed by atoms with Gasteiger partial charge in [-0.3, -0.25) is 10.1 Å². The summed E-state index contributed by atoms with van der Waals surface area (Å²) in [6.07, 6.45) is 3.62. The fourth-order valence-electron chi connectivity index (χ4n) is 1.46. The van der Waals surface area contributed by atoms with Crippen LogP contribution in [0.15, 0.2) is 23.2 Å². The van der Waals surface area contributed by atoms with Gasteiger partial charge in [0, 0.05) is 13.2 Å². The van der Waals surface area contributed by atoms with Crippen molar-refractivity contribution in [1.82, 2.24) is 5.32 Å². The van der Waals surface area contributed by atoms with Gasteiger partial charge in [-0.25, -0.2) is 4.99 Å². The Morgan fingerprint density at radius 3 is 2.81 bits per heavy atom. The zero-order valence-electron chi connectivity index (χ0n) is 12.0. The molecular weight excluding hydrogens is 292 g/mol. The highest BCUT2D eigenvalue weighted by Crippen LogP contribution is 2.29. The lowest BCUT2D eigenvalue weighted by molar-refractivity contribution is -0.119. The minimum atomic E-state index is -0.275. The van der Waals surface area contributed by atoms with E-state index < -0.39 is 0 Å². The van der Waals surface area contributed by atoms with Crippen LogP contribution in [0.25, 0.3) is 0 Å². The fraction of sp³-hybridized carbons (Fsp3) is 0.308. The van der Waals surface area contributed by atoms with Crippen molar-refractivity contribution in [2.45, 2.75) is 0 Å². The van der Waals surface area contributed by atoms with E-state index in [2.05, 4.69) is 15.6 Å². The second-order valence-electron chi connectivity index (χ2n) is 3.72. The topological polar surface area (TPSA) is 95.7 Å². The van der Waals surface area contributed by atoms with E-state index in [9.17, 15) is 4.79 Å². The van der Waals surface area contributed by atoms with Crippen LogP contribution in [0.4, 0.5) is 11.4 Å². The Hall–Kier alpha value is -2.24. The van der Waals surface area contributed by atoms with E-state index in [4.69, 9.17) is 14.7 Å². The Balaban J connectivity index is 2.98. The third-order valence-electron chi connectivity index (χ3n) is 2.32. The number of amides is 1. The minimum Gasteiger partial charge on any atom is -0.494 e. The van der Waals surface area contributed by atoms with Crippen LogP contribution >= 0.6 is 11.8 Å². The highest BCUT2D eigenvalue weighted by Gasteiger charge is 2.08. The first kappa shape index (κ1) is 16.8. The van der Waals surface area contributed by atoms with Gasteiger partial charge in [0.05, 0.1) is 18.5 Å². The summed E-state index contributed by atoms with van der Waals surface area (Å²) in [5.41, 5.74) is 1.13. The minimum absolute atomic E-state index is 0.0359. The molecule has 0 aliphatic carbocycles. The maximum atomic E-state index is 11.5. The van der Waals surface area contributed by atoms with Crippen LogP contribution in [0.5, 0.6) is 5.75 Å². The molecule has 0 radical (unpaired) electrons. The normalized spacial score (nSPS) is 10.7. The predicted octanol–water partition coefficient (Wildman–Crippen LogP) is 1.70. The summed E-state index contributed by atoms with van der Waals surface area (Å²) in [5, 5.41) is 14.2. The van der Waals surface area contributed by atoms with Crippen molar-refractivity contribution < 1.29 is 14.3 Å². The SMILES string of the molecule is COCC(=O)Nc1ccc(N=C(NC#N)SC)cc1OC. The Labute approximate surface area is 127 Å². The maximum Gasteiger partial charge on any atom is 0.250 e. The number of anilines is 1. The summed E-state index contributed by atoms with van der Waals surface area (Å²) in [7, 11) is 2.94. The van der Waals surface area contributed by atoms with Gasteiger partial charge in [-0.15, -0.1) is 0 Å². The first-order valence-corrected chi connectivity index (χ1v) is 7.11. The molecule has 7 nitrogen and oxygen atoms in total. The van der Waals surface area contributed by atoms with Gasteiger partial charge in [-0.2, -0.15) is 5.26 Å². The fourth-order valence-corrected chi connectivity index (χ4v) is 1.80. The van der Waals surface area contributed by atoms with Crippen molar-refractivity contribution >= 4 is 34.2 Å². The number of nitrogens with one attached hydrogen (secondary N) is 2. The molecule has 0 aliphatic heterocycles. The van der Waals surface area contributed by atoms with Crippen molar-refractivity contribution in [3.8, 4) is 11.9 Å². The van der Waals surface area contributed by atoms with Gasteiger partial charge >= 0.3 is 0 Å². The summed E-state index contributed by atoms with van der Waals surface area (Å²) in [6, 6.07) is 5.05. The molecule has 112 valence electrons. The number of methoxy groups -OCH3 is 2. The van der Waals surface area contributed by atoms with Crippen LogP contribution in [0, 0.1) is 11.5 Å². The number of benzene rings is 1. The summed E-state index contributed by atoms with van der Waals surface area (Å²) >= 11 is 1.31. The van der Waals surface area contributed by atoms with Gasteiger partial charge in [0.1, 0.15) is 12.4 Å². The highest BCUT2D eigenvalue weighted by atomic mass is 32.2. The van der Waals surface area contributed by atoms with Gasteiger partial charge in [-0.1, -0.05) is 11.8 Å². The van der Waals surface area contributed by atoms with E-state index in [1.165, 1.54) is 26.0 Å². The third-order valence-corrected chi connectivity index (χ3v) is 2.90. The zero-order chi connectivity index (χ0) is 15.7. The summed E-state index contributed by atoms with van der Waals surface area (Å²) in [4.78, 5) is 15.8. The number of hydrogen-bond donors (Lipinski definition) is 2. The first-order chi connectivity index (χ1) is 10.1. The van der Waals surface area contributed by atoms with E-state index in [0.29, 0.717) is 22.3 Å². The molecule has 0 saturated heterocycles. The number of nitrogens with zero attached hydrogens (tertiary/aromatic N) is 2. The molecule has 0 unspecified atom stereocenters. The Morgan fingerprint density at radius 1 is 1.48 bits per heavy atom. The number of carbonyl (C=O) groups excluding carboxylic acids is 1. The molecule has 2 N–H and O–H groups in total. The monoisotopic (exact) mass is 308 g/mol. The van der Waals surface area contributed by atoms with Gasteiger partial charge in [0.25, 0.3) is 0 Å². The Bertz CT molecular complexity index is 569. The second kappa shape index (κ2) is 8.84. The standard InChI is InChI=1S/C13H16N4O3S/c1-19-7-12(18)17-10-5-4-9(6-11(10)20-2)16-13(21-3)15-8-14/h4-6H,7H2,1-3H3,(H,15,16)(H,17,18). The number of thioether (sulfide) groups is 1.